The number of ether oxygens (including phenoxy) is 1. The Morgan fingerprint density at radius 3 is 2.72 bits per heavy atom. The molecule has 25 heavy (non-hydrogen) atoms. The molecule has 0 saturated carbocycles. The standard InChI is InChI=1S/C18H23ClN4O.HI/c1-3-20-18(23-13-15-6-4-5-10-21-15)22-11-9-14-7-8-16(24-2)12-17(14)19;/h4-8,10,12H,3,9,11,13H2,1-2H3,(H2,20,22,23);1H. The summed E-state index contributed by atoms with van der Waals surface area (Å²) < 4.78 is 5.16. The Balaban J connectivity index is 0.00000312. The Hall–Kier alpha value is -1.54. The van der Waals surface area contributed by atoms with Crippen LogP contribution >= 0.6 is 35.6 Å². The largest absolute Gasteiger partial charge is 0.497 e. The van der Waals surface area contributed by atoms with Gasteiger partial charge in [-0.05, 0) is 43.2 Å². The van der Waals surface area contributed by atoms with Crippen molar-refractivity contribution in [2.24, 2.45) is 4.99 Å². The molecule has 0 saturated heterocycles. The molecule has 0 radical (unpaired) electrons. The van der Waals surface area contributed by atoms with Crippen molar-refractivity contribution in [1.29, 1.82) is 0 Å². The van der Waals surface area contributed by atoms with Crippen LogP contribution in [0, 0.1) is 0 Å². The van der Waals surface area contributed by atoms with Crippen molar-refractivity contribution < 1.29 is 4.74 Å². The van der Waals surface area contributed by atoms with Crippen LogP contribution in [0.15, 0.2) is 47.6 Å². The summed E-state index contributed by atoms with van der Waals surface area (Å²) in [6.07, 6.45) is 2.58. The van der Waals surface area contributed by atoms with Crippen molar-refractivity contribution in [3.05, 3.63) is 58.9 Å². The fourth-order valence-corrected chi connectivity index (χ4v) is 2.43. The third-order valence-corrected chi connectivity index (χ3v) is 3.77. The molecule has 1 aromatic heterocycles. The number of nitrogens with zero attached hydrogens (tertiary/aromatic N) is 2. The molecule has 7 heteroatoms. The Kier molecular flexibility index (Phi) is 10.3. The highest BCUT2D eigenvalue weighted by Crippen LogP contribution is 2.22. The number of aliphatic imine (C=N–C) groups is 1. The van der Waals surface area contributed by atoms with Gasteiger partial charge >= 0.3 is 0 Å². The van der Waals surface area contributed by atoms with Gasteiger partial charge in [0.05, 0.1) is 19.3 Å². The van der Waals surface area contributed by atoms with Crippen LogP contribution in [0.3, 0.4) is 0 Å². The van der Waals surface area contributed by atoms with Crippen LogP contribution < -0.4 is 15.4 Å². The molecule has 2 aromatic rings. The summed E-state index contributed by atoms with van der Waals surface area (Å²) >= 11 is 6.26. The minimum absolute atomic E-state index is 0. The van der Waals surface area contributed by atoms with Gasteiger partial charge in [-0.1, -0.05) is 23.7 Å². The molecule has 0 unspecified atom stereocenters. The summed E-state index contributed by atoms with van der Waals surface area (Å²) in [4.78, 5) is 8.82. The van der Waals surface area contributed by atoms with E-state index in [2.05, 4.69) is 20.6 Å². The molecule has 0 amide bonds. The second kappa shape index (κ2) is 11.9. The molecule has 0 aliphatic heterocycles. The van der Waals surface area contributed by atoms with Crippen molar-refractivity contribution in [3.63, 3.8) is 0 Å². The number of hydrogen-bond donors (Lipinski definition) is 2. The first-order valence-electron chi connectivity index (χ1n) is 7.97. The normalized spacial score (nSPS) is 10.8. The summed E-state index contributed by atoms with van der Waals surface area (Å²) in [6, 6.07) is 11.6. The molecule has 1 aromatic carbocycles. The van der Waals surface area contributed by atoms with E-state index in [-0.39, 0.29) is 24.0 Å². The highest BCUT2D eigenvalue weighted by molar-refractivity contribution is 14.0. The molecule has 1 heterocycles. The van der Waals surface area contributed by atoms with Gasteiger partial charge in [0.1, 0.15) is 5.75 Å². The zero-order chi connectivity index (χ0) is 17.2. The van der Waals surface area contributed by atoms with Gasteiger partial charge in [0.15, 0.2) is 5.96 Å². The molecular weight excluding hydrogens is 451 g/mol. The summed E-state index contributed by atoms with van der Waals surface area (Å²) in [7, 11) is 1.63. The smallest absolute Gasteiger partial charge is 0.191 e. The Labute approximate surface area is 171 Å². The number of halogens is 2. The maximum atomic E-state index is 6.26. The number of aromatic nitrogens is 1. The van der Waals surface area contributed by atoms with E-state index in [0.717, 1.165) is 42.5 Å². The number of hydrogen-bond acceptors (Lipinski definition) is 3. The van der Waals surface area contributed by atoms with E-state index in [1.54, 1.807) is 13.3 Å². The Morgan fingerprint density at radius 2 is 2.08 bits per heavy atom. The van der Waals surface area contributed by atoms with Crippen LogP contribution in [0.5, 0.6) is 5.75 Å². The quantitative estimate of drug-likeness (QED) is 0.365. The van der Waals surface area contributed by atoms with Gasteiger partial charge in [-0.2, -0.15) is 0 Å². The van der Waals surface area contributed by atoms with E-state index < -0.39 is 0 Å². The second-order valence-corrected chi connectivity index (χ2v) is 5.56. The topological polar surface area (TPSA) is 58.5 Å². The van der Waals surface area contributed by atoms with Crippen molar-refractivity contribution in [3.8, 4) is 5.75 Å². The van der Waals surface area contributed by atoms with E-state index >= 15 is 0 Å². The number of methoxy groups -OCH3 is 1. The van der Waals surface area contributed by atoms with E-state index in [1.165, 1.54) is 0 Å². The van der Waals surface area contributed by atoms with Crippen LogP contribution in [0.25, 0.3) is 0 Å². The maximum Gasteiger partial charge on any atom is 0.191 e. The van der Waals surface area contributed by atoms with Crippen molar-refractivity contribution >= 4 is 41.5 Å². The zero-order valence-corrected chi connectivity index (χ0v) is 17.5. The van der Waals surface area contributed by atoms with Crippen LogP contribution in [0.1, 0.15) is 18.2 Å². The zero-order valence-electron chi connectivity index (χ0n) is 14.5. The second-order valence-electron chi connectivity index (χ2n) is 5.15. The predicted molar refractivity (Wildman–Crippen MR) is 114 cm³/mol. The lowest BCUT2D eigenvalue weighted by Gasteiger charge is -2.12. The first-order chi connectivity index (χ1) is 11.7. The lowest BCUT2D eigenvalue weighted by atomic mass is 10.1. The average Bonchev–Trinajstić information content (AvgIpc) is 2.61. The van der Waals surface area contributed by atoms with Gasteiger partial charge in [-0.25, -0.2) is 4.99 Å². The summed E-state index contributed by atoms with van der Waals surface area (Å²) in [5.74, 6) is 1.54. The fourth-order valence-electron chi connectivity index (χ4n) is 2.17. The third kappa shape index (κ3) is 7.48. The molecule has 0 aliphatic carbocycles. The lowest BCUT2D eigenvalue weighted by Crippen LogP contribution is -2.38. The molecule has 0 aliphatic rings. The Morgan fingerprint density at radius 1 is 1.24 bits per heavy atom. The SMILES string of the molecule is CCNC(=NCc1ccccn1)NCCc1ccc(OC)cc1Cl.I. The van der Waals surface area contributed by atoms with Gasteiger partial charge < -0.3 is 15.4 Å². The predicted octanol–water partition coefficient (Wildman–Crippen LogP) is 3.66. The average molecular weight is 475 g/mol. The highest BCUT2D eigenvalue weighted by atomic mass is 127. The summed E-state index contributed by atoms with van der Waals surface area (Å²) in [5.41, 5.74) is 2.01. The lowest BCUT2D eigenvalue weighted by molar-refractivity contribution is 0.414. The number of nitrogens with one attached hydrogen (secondary N) is 2. The molecule has 0 spiro atoms. The highest BCUT2D eigenvalue weighted by Gasteiger charge is 2.03. The third-order valence-electron chi connectivity index (χ3n) is 3.42. The molecule has 136 valence electrons. The van der Waals surface area contributed by atoms with Crippen molar-refractivity contribution in [2.75, 3.05) is 20.2 Å². The Bertz CT molecular complexity index is 667. The van der Waals surface area contributed by atoms with Crippen LogP contribution in [0.4, 0.5) is 0 Å². The molecule has 0 atom stereocenters. The van der Waals surface area contributed by atoms with Crippen LogP contribution in [0.2, 0.25) is 5.02 Å². The van der Waals surface area contributed by atoms with E-state index in [1.807, 2.05) is 43.3 Å². The molecule has 2 N–H and O–H groups in total. The van der Waals surface area contributed by atoms with Gasteiger partial charge in [-0.15, -0.1) is 24.0 Å². The van der Waals surface area contributed by atoms with Gasteiger partial charge in [0, 0.05) is 24.3 Å². The maximum absolute atomic E-state index is 6.26. The first kappa shape index (κ1) is 21.5. The molecule has 0 bridgehead atoms. The van der Waals surface area contributed by atoms with Gasteiger partial charge in [0.2, 0.25) is 0 Å². The number of benzene rings is 1. The number of rotatable bonds is 7. The minimum atomic E-state index is 0. The van der Waals surface area contributed by atoms with Gasteiger partial charge in [0.25, 0.3) is 0 Å². The first-order valence-corrected chi connectivity index (χ1v) is 8.35. The summed E-state index contributed by atoms with van der Waals surface area (Å²) in [6.45, 7) is 4.12. The van der Waals surface area contributed by atoms with Crippen molar-refractivity contribution in [2.45, 2.75) is 19.9 Å². The molecule has 5 nitrogen and oxygen atoms in total. The molecule has 2 rings (SSSR count). The monoisotopic (exact) mass is 474 g/mol. The molecule has 0 fully saturated rings. The number of guanidine groups is 1. The van der Waals surface area contributed by atoms with Gasteiger partial charge in [-0.3, -0.25) is 4.98 Å². The number of pyridine rings is 1. The van der Waals surface area contributed by atoms with E-state index in [9.17, 15) is 0 Å². The minimum Gasteiger partial charge on any atom is -0.497 e. The summed E-state index contributed by atoms with van der Waals surface area (Å²) in [5, 5.41) is 7.26. The van der Waals surface area contributed by atoms with Crippen molar-refractivity contribution in [1.82, 2.24) is 15.6 Å². The van der Waals surface area contributed by atoms with E-state index in [0.29, 0.717) is 11.6 Å². The molecular formula is C18H24ClIN4O. The van der Waals surface area contributed by atoms with Crippen LogP contribution in [-0.2, 0) is 13.0 Å². The van der Waals surface area contributed by atoms with E-state index in [4.69, 9.17) is 16.3 Å². The van der Waals surface area contributed by atoms with Crippen LogP contribution in [-0.4, -0.2) is 31.1 Å². The fraction of sp³-hybridized carbons (Fsp3) is 0.333.